The summed E-state index contributed by atoms with van der Waals surface area (Å²) < 4.78 is 41.0. The third kappa shape index (κ3) is 8.51. The van der Waals surface area contributed by atoms with Gasteiger partial charge >= 0.3 is 0 Å². The normalized spacial score (nSPS) is 13.4. The molecule has 0 radical (unpaired) electrons. The van der Waals surface area contributed by atoms with Crippen LogP contribution in [0.5, 0.6) is 11.5 Å². The van der Waals surface area contributed by atoms with E-state index in [1.54, 1.807) is 36.4 Å². The number of carbonyl (C=O) groups is 2. The van der Waals surface area contributed by atoms with Gasteiger partial charge in [0.1, 0.15) is 25.8 Å². The van der Waals surface area contributed by atoms with E-state index in [2.05, 4.69) is 5.32 Å². The van der Waals surface area contributed by atoms with Crippen LogP contribution in [0.4, 0.5) is 5.69 Å². The van der Waals surface area contributed by atoms with E-state index in [1.807, 2.05) is 82.3 Å². The van der Waals surface area contributed by atoms with Gasteiger partial charge in [-0.05, 0) is 63.1 Å². The van der Waals surface area contributed by atoms with Crippen LogP contribution in [-0.4, -0.2) is 56.5 Å². The lowest BCUT2D eigenvalue weighted by Gasteiger charge is -2.35. The van der Waals surface area contributed by atoms with Crippen molar-refractivity contribution in [3.05, 3.63) is 120 Å². The first-order chi connectivity index (χ1) is 22.4. The zero-order valence-corrected chi connectivity index (χ0v) is 28.0. The minimum atomic E-state index is -4.23. The molecule has 0 aromatic heterocycles. The molecule has 0 bridgehead atoms. The summed E-state index contributed by atoms with van der Waals surface area (Å²) in [5.74, 6) is 0.00821. The fourth-order valence-corrected chi connectivity index (χ4v) is 6.88. The number of ether oxygens (including phenoxy) is 2. The Kier molecular flexibility index (Phi) is 10.2. The first-order valence-corrected chi connectivity index (χ1v) is 17.0. The average Bonchev–Trinajstić information content (AvgIpc) is 3.05. The lowest BCUT2D eigenvalue weighted by molar-refractivity contribution is -0.140. The molecule has 0 fully saturated rings. The lowest BCUT2D eigenvalue weighted by Crippen LogP contribution is -2.56. The molecule has 1 atom stereocenters. The fourth-order valence-electron chi connectivity index (χ4n) is 5.45. The first kappa shape index (κ1) is 33.5. The van der Waals surface area contributed by atoms with Crippen molar-refractivity contribution < 1.29 is 27.5 Å². The topological polar surface area (TPSA) is 105 Å². The Morgan fingerprint density at radius 1 is 0.809 bits per heavy atom. The maximum atomic E-state index is 14.7. The number of carbonyl (C=O) groups excluding carboxylic acids is 2. The Morgan fingerprint density at radius 2 is 1.45 bits per heavy atom. The van der Waals surface area contributed by atoms with Gasteiger partial charge in [-0.15, -0.1) is 0 Å². The summed E-state index contributed by atoms with van der Waals surface area (Å²) in [6, 6.07) is 29.0. The van der Waals surface area contributed by atoms with Crippen molar-refractivity contribution in [2.45, 2.75) is 57.1 Å². The molecule has 10 heteroatoms. The molecule has 1 aliphatic heterocycles. The number of hydrogen-bond acceptors (Lipinski definition) is 6. The summed E-state index contributed by atoms with van der Waals surface area (Å²) in [5.41, 5.74) is 2.35. The van der Waals surface area contributed by atoms with Gasteiger partial charge in [0.15, 0.2) is 11.5 Å². The van der Waals surface area contributed by atoms with Gasteiger partial charge in [-0.3, -0.25) is 13.9 Å². The average molecular weight is 656 g/mol. The van der Waals surface area contributed by atoms with E-state index in [4.69, 9.17) is 9.47 Å². The Labute approximate surface area is 277 Å². The highest BCUT2D eigenvalue weighted by Gasteiger charge is 2.36. The van der Waals surface area contributed by atoms with Crippen molar-refractivity contribution in [2.75, 3.05) is 24.1 Å². The molecule has 0 saturated heterocycles. The number of hydrogen-bond donors (Lipinski definition) is 1. The van der Waals surface area contributed by atoms with E-state index in [-0.39, 0.29) is 29.5 Å². The zero-order valence-electron chi connectivity index (χ0n) is 27.2. The fraction of sp³-hybridized carbons (Fsp3) is 0.297. The summed E-state index contributed by atoms with van der Waals surface area (Å²) >= 11 is 0. The molecule has 246 valence electrons. The Balaban J connectivity index is 1.60. The summed E-state index contributed by atoms with van der Waals surface area (Å²) in [4.78, 5) is 30.2. The second-order valence-electron chi connectivity index (χ2n) is 12.6. The summed E-state index contributed by atoms with van der Waals surface area (Å²) in [6.07, 6.45) is 0.232. The molecule has 2 amide bonds. The SMILES string of the molecule is Cc1cccc(CN(C(=O)CN(c2ccc3c(c2)OCCO3)S(=O)(=O)c2ccccc2)[C@@H](Cc2ccccc2)C(=O)NC(C)(C)C)c1. The molecule has 5 rings (SSSR count). The van der Waals surface area contributed by atoms with Crippen LogP contribution in [0.15, 0.2) is 108 Å². The predicted octanol–water partition coefficient (Wildman–Crippen LogP) is 5.52. The van der Waals surface area contributed by atoms with E-state index in [1.165, 1.54) is 17.0 Å². The third-order valence-corrected chi connectivity index (χ3v) is 9.42. The maximum absolute atomic E-state index is 14.7. The highest BCUT2D eigenvalue weighted by Crippen LogP contribution is 2.36. The third-order valence-electron chi connectivity index (χ3n) is 7.63. The number of anilines is 1. The van der Waals surface area contributed by atoms with Gasteiger partial charge < -0.3 is 19.7 Å². The number of fused-ring (bicyclic) bond motifs is 1. The second kappa shape index (κ2) is 14.3. The Hall–Kier alpha value is -4.83. The minimum Gasteiger partial charge on any atom is -0.486 e. The molecule has 1 N–H and O–H groups in total. The van der Waals surface area contributed by atoms with Gasteiger partial charge in [0.2, 0.25) is 11.8 Å². The number of sulfonamides is 1. The number of rotatable bonds is 11. The predicted molar refractivity (Wildman–Crippen MR) is 182 cm³/mol. The molecule has 0 spiro atoms. The molecular formula is C37H41N3O6S. The summed E-state index contributed by atoms with van der Waals surface area (Å²) in [5, 5.41) is 3.05. The van der Waals surface area contributed by atoms with Crippen molar-refractivity contribution in [3.63, 3.8) is 0 Å². The molecule has 4 aromatic carbocycles. The number of benzene rings is 4. The quantitative estimate of drug-likeness (QED) is 0.228. The molecule has 1 aliphatic rings. The molecular weight excluding hydrogens is 614 g/mol. The highest BCUT2D eigenvalue weighted by atomic mass is 32.2. The van der Waals surface area contributed by atoms with Crippen molar-refractivity contribution >= 4 is 27.5 Å². The standard InChI is InChI=1S/C37H41N3O6S/c1-27-12-11-15-29(22-27)25-39(32(36(42)38-37(2,3)4)23-28-13-7-5-8-14-28)35(41)26-40(47(43,44)31-16-9-6-10-17-31)30-18-19-33-34(24-30)46-21-20-45-33/h5-19,22,24,32H,20-21,23,25-26H2,1-4H3,(H,38,42)/t32-/m0/s1. The summed E-state index contributed by atoms with van der Waals surface area (Å²) in [7, 11) is -4.23. The zero-order chi connectivity index (χ0) is 33.6. The van der Waals surface area contributed by atoms with E-state index in [0.29, 0.717) is 24.7 Å². The van der Waals surface area contributed by atoms with Gasteiger partial charge in [0, 0.05) is 24.6 Å². The monoisotopic (exact) mass is 655 g/mol. The van der Waals surface area contributed by atoms with Crippen LogP contribution < -0.4 is 19.1 Å². The molecule has 1 heterocycles. The van der Waals surface area contributed by atoms with Crippen LogP contribution in [0.2, 0.25) is 0 Å². The van der Waals surface area contributed by atoms with Gasteiger partial charge in [0.25, 0.3) is 10.0 Å². The summed E-state index contributed by atoms with van der Waals surface area (Å²) in [6.45, 7) is 7.83. The van der Waals surface area contributed by atoms with Crippen LogP contribution in [-0.2, 0) is 32.6 Å². The smallest absolute Gasteiger partial charge is 0.264 e. The van der Waals surface area contributed by atoms with Crippen molar-refractivity contribution in [2.24, 2.45) is 0 Å². The largest absolute Gasteiger partial charge is 0.486 e. The van der Waals surface area contributed by atoms with E-state index in [9.17, 15) is 18.0 Å². The van der Waals surface area contributed by atoms with Crippen LogP contribution in [0.1, 0.15) is 37.5 Å². The molecule has 47 heavy (non-hydrogen) atoms. The van der Waals surface area contributed by atoms with Crippen molar-refractivity contribution in [1.29, 1.82) is 0 Å². The Morgan fingerprint density at radius 3 is 2.11 bits per heavy atom. The highest BCUT2D eigenvalue weighted by molar-refractivity contribution is 7.92. The van der Waals surface area contributed by atoms with Gasteiger partial charge in [-0.2, -0.15) is 0 Å². The van der Waals surface area contributed by atoms with Gasteiger partial charge in [0.05, 0.1) is 10.6 Å². The molecule has 0 unspecified atom stereocenters. The molecule has 4 aromatic rings. The second-order valence-corrected chi connectivity index (χ2v) is 14.5. The van der Waals surface area contributed by atoms with Crippen LogP contribution in [0.25, 0.3) is 0 Å². The lowest BCUT2D eigenvalue weighted by atomic mass is 10.0. The number of nitrogens with zero attached hydrogens (tertiary/aromatic N) is 2. The van der Waals surface area contributed by atoms with Gasteiger partial charge in [-0.1, -0.05) is 78.4 Å². The minimum absolute atomic E-state index is 0.0271. The van der Waals surface area contributed by atoms with Crippen molar-refractivity contribution in [1.82, 2.24) is 10.2 Å². The number of amides is 2. The number of nitrogens with one attached hydrogen (secondary N) is 1. The maximum Gasteiger partial charge on any atom is 0.264 e. The molecule has 0 aliphatic carbocycles. The van der Waals surface area contributed by atoms with Crippen LogP contribution in [0.3, 0.4) is 0 Å². The van der Waals surface area contributed by atoms with Crippen molar-refractivity contribution in [3.8, 4) is 11.5 Å². The molecule has 0 saturated carbocycles. The van der Waals surface area contributed by atoms with E-state index in [0.717, 1.165) is 21.0 Å². The first-order valence-electron chi connectivity index (χ1n) is 15.6. The van der Waals surface area contributed by atoms with E-state index >= 15 is 0 Å². The van der Waals surface area contributed by atoms with Crippen LogP contribution >= 0.6 is 0 Å². The number of aryl methyl sites for hydroxylation is 1. The van der Waals surface area contributed by atoms with Crippen LogP contribution in [0, 0.1) is 6.92 Å². The molecule has 9 nitrogen and oxygen atoms in total. The Bertz CT molecular complexity index is 1810. The van der Waals surface area contributed by atoms with E-state index < -0.39 is 34.1 Å². The van der Waals surface area contributed by atoms with Gasteiger partial charge in [-0.25, -0.2) is 8.42 Å².